The van der Waals surface area contributed by atoms with E-state index in [4.69, 9.17) is 4.74 Å². The molecule has 0 aliphatic heterocycles. The van der Waals surface area contributed by atoms with Crippen molar-refractivity contribution < 1.29 is 13.9 Å². The van der Waals surface area contributed by atoms with Crippen LogP contribution in [-0.4, -0.2) is 18.1 Å². The fourth-order valence-electron chi connectivity index (χ4n) is 1.79. The predicted molar refractivity (Wildman–Crippen MR) is 74.0 cm³/mol. The predicted octanol–water partition coefficient (Wildman–Crippen LogP) is 3.30. The summed E-state index contributed by atoms with van der Waals surface area (Å²) in [5.41, 5.74) is 1.47. The van der Waals surface area contributed by atoms with E-state index in [1.807, 2.05) is 30.3 Å². The van der Waals surface area contributed by atoms with Crippen molar-refractivity contribution in [3.05, 3.63) is 59.5 Å². The maximum atomic E-state index is 13.0. The van der Waals surface area contributed by atoms with Crippen molar-refractivity contribution in [2.24, 2.45) is 0 Å². The summed E-state index contributed by atoms with van der Waals surface area (Å²) in [6.45, 7) is 1.87. The Balaban J connectivity index is 2.01. The zero-order valence-corrected chi connectivity index (χ0v) is 11.3. The van der Waals surface area contributed by atoms with E-state index in [2.05, 4.69) is 4.98 Å². The average molecular weight is 274 g/mol. The molecule has 0 aliphatic rings. The highest BCUT2D eigenvalue weighted by molar-refractivity contribution is 5.86. The second kappa shape index (κ2) is 6.14. The minimum absolute atomic E-state index is 0.185. The molecule has 0 atom stereocenters. The monoisotopic (exact) mass is 274 g/mol. The maximum absolute atomic E-state index is 13.0. The lowest BCUT2D eigenvalue weighted by atomic mass is 10.2. The third-order valence-corrected chi connectivity index (χ3v) is 2.81. The van der Waals surface area contributed by atoms with Gasteiger partial charge in [-0.25, -0.2) is 14.2 Å². The minimum atomic E-state index is -0.531. The highest BCUT2D eigenvalue weighted by atomic mass is 19.1. The van der Waals surface area contributed by atoms with Crippen molar-refractivity contribution in [3.63, 3.8) is 0 Å². The topological polar surface area (TPSA) is 42.4 Å². The summed E-state index contributed by atoms with van der Waals surface area (Å²) < 4.78 is 18.2. The van der Waals surface area contributed by atoms with Crippen molar-refractivity contribution in [2.75, 3.05) is 11.9 Å². The summed E-state index contributed by atoms with van der Waals surface area (Å²) in [5.74, 6) is -0.0539. The van der Waals surface area contributed by atoms with Crippen molar-refractivity contribution in [2.45, 2.75) is 13.5 Å². The van der Waals surface area contributed by atoms with E-state index >= 15 is 0 Å². The van der Waals surface area contributed by atoms with Crippen LogP contribution in [0.3, 0.4) is 0 Å². The Hall–Kier alpha value is -2.43. The second-order valence-corrected chi connectivity index (χ2v) is 4.39. The Labute approximate surface area is 116 Å². The SMILES string of the molecule is Cc1cc(F)cnc1N(C)C(=O)OCc1ccccc1. The van der Waals surface area contributed by atoms with Crippen LogP contribution in [0.4, 0.5) is 15.0 Å². The molecule has 0 N–H and O–H groups in total. The molecule has 0 spiro atoms. The van der Waals surface area contributed by atoms with E-state index in [0.29, 0.717) is 11.4 Å². The summed E-state index contributed by atoms with van der Waals surface area (Å²) in [4.78, 5) is 17.1. The number of amides is 1. The number of hydrogen-bond donors (Lipinski definition) is 0. The summed E-state index contributed by atoms with van der Waals surface area (Å²) in [7, 11) is 1.54. The smallest absolute Gasteiger partial charge is 0.415 e. The van der Waals surface area contributed by atoms with E-state index < -0.39 is 11.9 Å². The first kappa shape index (κ1) is 14.0. The largest absolute Gasteiger partial charge is 0.444 e. The van der Waals surface area contributed by atoms with Gasteiger partial charge in [-0.2, -0.15) is 0 Å². The van der Waals surface area contributed by atoms with Crippen LogP contribution in [0.2, 0.25) is 0 Å². The van der Waals surface area contributed by atoms with Crippen molar-refractivity contribution in [3.8, 4) is 0 Å². The number of carbonyl (C=O) groups excluding carboxylic acids is 1. The van der Waals surface area contributed by atoms with Crippen molar-refractivity contribution >= 4 is 11.9 Å². The Morgan fingerprint density at radius 1 is 1.35 bits per heavy atom. The number of rotatable bonds is 3. The van der Waals surface area contributed by atoms with Gasteiger partial charge in [-0.05, 0) is 24.1 Å². The number of hydrogen-bond acceptors (Lipinski definition) is 3. The molecule has 4 nitrogen and oxygen atoms in total. The maximum Gasteiger partial charge on any atom is 0.415 e. The Kier molecular flexibility index (Phi) is 4.30. The number of nitrogens with zero attached hydrogens (tertiary/aromatic N) is 2. The van der Waals surface area contributed by atoms with Crippen LogP contribution in [0, 0.1) is 12.7 Å². The lowest BCUT2D eigenvalue weighted by Gasteiger charge is -2.17. The number of benzene rings is 1. The van der Waals surface area contributed by atoms with Crippen LogP contribution in [0.25, 0.3) is 0 Å². The van der Waals surface area contributed by atoms with Gasteiger partial charge in [0.05, 0.1) is 6.20 Å². The molecule has 5 heteroatoms. The highest BCUT2D eigenvalue weighted by Crippen LogP contribution is 2.17. The molecule has 1 aromatic heterocycles. The molecule has 0 bridgehead atoms. The Bertz CT molecular complexity index is 602. The molecular formula is C15H15FN2O2. The van der Waals surface area contributed by atoms with Gasteiger partial charge in [0.25, 0.3) is 0 Å². The number of aryl methyl sites for hydroxylation is 1. The van der Waals surface area contributed by atoms with Crippen LogP contribution >= 0.6 is 0 Å². The van der Waals surface area contributed by atoms with Gasteiger partial charge in [0.15, 0.2) is 0 Å². The van der Waals surface area contributed by atoms with Gasteiger partial charge in [0.1, 0.15) is 18.2 Å². The molecule has 1 heterocycles. The van der Waals surface area contributed by atoms with Crippen LogP contribution in [0.15, 0.2) is 42.6 Å². The molecule has 20 heavy (non-hydrogen) atoms. The minimum Gasteiger partial charge on any atom is -0.444 e. The number of carbonyl (C=O) groups is 1. The summed E-state index contributed by atoms with van der Waals surface area (Å²) in [5, 5.41) is 0. The molecule has 2 rings (SSSR count). The molecule has 0 saturated carbocycles. The van der Waals surface area contributed by atoms with Gasteiger partial charge in [-0.1, -0.05) is 30.3 Å². The van der Waals surface area contributed by atoms with Crippen LogP contribution in [-0.2, 0) is 11.3 Å². The fraction of sp³-hybridized carbons (Fsp3) is 0.200. The normalized spacial score (nSPS) is 10.2. The van der Waals surface area contributed by atoms with E-state index in [0.717, 1.165) is 11.8 Å². The van der Waals surface area contributed by atoms with Crippen LogP contribution in [0.1, 0.15) is 11.1 Å². The number of ether oxygens (including phenoxy) is 1. The van der Waals surface area contributed by atoms with Gasteiger partial charge in [0, 0.05) is 7.05 Å². The van der Waals surface area contributed by atoms with Crippen molar-refractivity contribution in [1.29, 1.82) is 0 Å². The molecule has 0 aliphatic carbocycles. The number of anilines is 1. The zero-order valence-electron chi connectivity index (χ0n) is 11.3. The first-order valence-corrected chi connectivity index (χ1v) is 6.14. The molecule has 0 unspecified atom stereocenters. The number of halogens is 1. The van der Waals surface area contributed by atoms with Gasteiger partial charge >= 0.3 is 6.09 Å². The summed E-state index contributed by atoms with van der Waals surface area (Å²) >= 11 is 0. The molecular weight excluding hydrogens is 259 g/mol. The zero-order chi connectivity index (χ0) is 14.5. The standard InChI is InChI=1S/C15H15FN2O2/c1-11-8-13(16)9-17-14(11)18(2)15(19)20-10-12-6-4-3-5-7-12/h3-9H,10H2,1-2H3. The second-order valence-electron chi connectivity index (χ2n) is 4.39. The summed E-state index contributed by atoms with van der Waals surface area (Å²) in [6.07, 6.45) is 0.541. The first-order valence-electron chi connectivity index (χ1n) is 6.14. The van der Waals surface area contributed by atoms with Gasteiger partial charge in [0.2, 0.25) is 0 Å². The molecule has 1 aromatic carbocycles. The van der Waals surface area contributed by atoms with Gasteiger partial charge in [-0.3, -0.25) is 4.90 Å². The van der Waals surface area contributed by atoms with Gasteiger partial charge in [-0.15, -0.1) is 0 Å². The Morgan fingerprint density at radius 3 is 2.70 bits per heavy atom. The highest BCUT2D eigenvalue weighted by Gasteiger charge is 2.16. The lowest BCUT2D eigenvalue weighted by Crippen LogP contribution is -2.28. The molecule has 2 aromatic rings. The molecule has 0 fully saturated rings. The average Bonchev–Trinajstić information content (AvgIpc) is 2.45. The molecule has 1 amide bonds. The third kappa shape index (κ3) is 3.32. The van der Waals surface area contributed by atoms with Crippen molar-refractivity contribution in [1.82, 2.24) is 4.98 Å². The van der Waals surface area contributed by atoms with Crippen LogP contribution in [0.5, 0.6) is 0 Å². The van der Waals surface area contributed by atoms with E-state index in [1.54, 1.807) is 14.0 Å². The van der Waals surface area contributed by atoms with E-state index in [9.17, 15) is 9.18 Å². The number of pyridine rings is 1. The lowest BCUT2D eigenvalue weighted by molar-refractivity contribution is 0.148. The third-order valence-electron chi connectivity index (χ3n) is 2.81. The molecule has 0 saturated heterocycles. The number of aromatic nitrogens is 1. The van der Waals surface area contributed by atoms with E-state index in [1.165, 1.54) is 11.0 Å². The first-order chi connectivity index (χ1) is 9.58. The van der Waals surface area contributed by atoms with Gasteiger partial charge < -0.3 is 4.74 Å². The molecule has 0 radical (unpaired) electrons. The van der Waals surface area contributed by atoms with Crippen LogP contribution < -0.4 is 4.90 Å². The fourth-order valence-corrected chi connectivity index (χ4v) is 1.79. The summed E-state index contributed by atoms with van der Waals surface area (Å²) in [6, 6.07) is 10.7. The molecule has 104 valence electrons. The quantitative estimate of drug-likeness (QED) is 0.862. The Morgan fingerprint density at radius 2 is 2.05 bits per heavy atom. The van der Waals surface area contributed by atoms with E-state index in [-0.39, 0.29) is 6.61 Å².